The Labute approximate surface area is 227 Å². The number of aryl methyl sites for hydroxylation is 2. The fraction of sp³-hybridized carbons (Fsp3) is 0.400. The average Bonchev–Trinajstić information content (AvgIpc) is 3.66. The minimum atomic E-state index is -0.331. The number of carbonyl (C=O) groups is 1. The van der Waals surface area contributed by atoms with Gasteiger partial charge in [0.15, 0.2) is 11.6 Å². The van der Waals surface area contributed by atoms with Crippen molar-refractivity contribution in [2.75, 3.05) is 0 Å². The molecule has 6 rings (SSSR count). The number of benzene rings is 1. The number of fused-ring (bicyclic) bond motifs is 2. The minimum Gasteiger partial charge on any atom is -0.341 e. The number of nitrogens with zero attached hydrogens (tertiary/aromatic N) is 6. The van der Waals surface area contributed by atoms with Gasteiger partial charge < -0.3 is 9.84 Å². The quantitative estimate of drug-likeness (QED) is 0.345. The van der Waals surface area contributed by atoms with Gasteiger partial charge in [0.25, 0.3) is 0 Å². The number of nitrogens with one attached hydrogen (secondary N) is 1. The van der Waals surface area contributed by atoms with Crippen LogP contribution in [0.25, 0.3) is 11.1 Å². The van der Waals surface area contributed by atoms with Gasteiger partial charge in [-0.25, -0.2) is 9.98 Å². The third kappa shape index (κ3) is 4.89. The zero-order valence-electron chi connectivity index (χ0n) is 22.9. The van der Waals surface area contributed by atoms with Crippen LogP contribution in [0.3, 0.4) is 0 Å². The lowest BCUT2D eigenvalue weighted by atomic mass is 9.92. The van der Waals surface area contributed by atoms with Gasteiger partial charge in [-0.15, -0.1) is 0 Å². The first-order valence-corrected chi connectivity index (χ1v) is 13.7. The number of pyridine rings is 1. The number of carbonyl (C=O) groups excluding carboxylic acids is 1. The van der Waals surface area contributed by atoms with Gasteiger partial charge in [0, 0.05) is 41.9 Å². The van der Waals surface area contributed by atoms with Crippen molar-refractivity contribution in [2.45, 2.75) is 77.8 Å². The monoisotopic (exact) mass is 523 g/mol. The maximum atomic E-state index is 13.0. The Balaban J connectivity index is 1.25. The van der Waals surface area contributed by atoms with Crippen molar-refractivity contribution >= 4 is 17.4 Å². The van der Waals surface area contributed by atoms with Crippen LogP contribution in [0.4, 0.5) is 5.82 Å². The molecule has 9 heteroatoms. The summed E-state index contributed by atoms with van der Waals surface area (Å²) in [7, 11) is 0. The Hall–Kier alpha value is -4.14. The summed E-state index contributed by atoms with van der Waals surface area (Å²) in [5, 5.41) is 11.6. The predicted octanol–water partition coefficient (Wildman–Crippen LogP) is 5.52. The number of hydrogen-bond acceptors (Lipinski definition) is 7. The largest absolute Gasteiger partial charge is 0.341 e. The van der Waals surface area contributed by atoms with Gasteiger partial charge >= 0.3 is 11.8 Å². The standard InChI is InChI=1S/C30H33N7O2/c1-5-37-17-20(16-32-37)25-15-23-21(12-13-31-26(23)33-25)19-10-11-22-18(14-19)8-6-7-9-24(22)34-27(38)28-35-29(36-39-28)30(2,3)4/h10-14,16-17,24H,5-9,15H2,1-4H3,(H,34,38). The lowest BCUT2D eigenvalue weighted by molar-refractivity contribution is 0.0890. The molecule has 0 radical (unpaired) electrons. The first-order chi connectivity index (χ1) is 18.8. The van der Waals surface area contributed by atoms with E-state index in [1.54, 1.807) is 0 Å². The Bertz CT molecular complexity index is 1570. The van der Waals surface area contributed by atoms with Gasteiger partial charge in [-0.3, -0.25) is 9.48 Å². The van der Waals surface area contributed by atoms with Gasteiger partial charge in [-0.2, -0.15) is 10.1 Å². The number of rotatable bonds is 5. The van der Waals surface area contributed by atoms with Crippen molar-refractivity contribution in [3.05, 3.63) is 76.8 Å². The van der Waals surface area contributed by atoms with Crippen molar-refractivity contribution in [1.82, 2.24) is 30.2 Å². The van der Waals surface area contributed by atoms with Crippen LogP contribution in [0, 0.1) is 0 Å². The molecule has 1 aliphatic heterocycles. The average molecular weight is 524 g/mol. The smallest absolute Gasteiger partial charge is 0.315 e. The second kappa shape index (κ2) is 9.87. The van der Waals surface area contributed by atoms with E-state index in [0.717, 1.165) is 78.0 Å². The lowest BCUT2D eigenvalue weighted by Crippen LogP contribution is -2.29. The van der Waals surface area contributed by atoms with Crippen molar-refractivity contribution in [2.24, 2.45) is 4.99 Å². The van der Waals surface area contributed by atoms with E-state index in [0.29, 0.717) is 5.82 Å². The predicted molar refractivity (Wildman–Crippen MR) is 148 cm³/mol. The Morgan fingerprint density at radius 1 is 1.18 bits per heavy atom. The number of amides is 1. The maximum absolute atomic E-state index is 13.0. The summed E-state index contributed by atoms with van der Waals surface area (Å²) in [6, 6.07) is 8.54. The molecule has 1 amide bonds. The highest BCUT2D eigenvalue weighted by atomic mass is 16.5. The van der Waals surface area contributed by atoms with E-state index in [-0.39, 0.29) is 23.3 Å². The summed E-state index contributed by atoms with van der Waals surface area (Å²) in [5.41, 5.74) is 7.59. The molecule has 2 aliphatic rings. The molecule has 39 heavy (non-hydrogen) atoms. The topological polar surface area (TPSA) is 111 Å². The van der Waals surface area contributed by atoms with E-state index in [2.05, 4.69) is 56.7 Å². The zero-order valence-corrected chi connectivity index (χ0v) is 22.9. The normalized spacial score (nSPS) is 16.8. The number of aliphatic imine (C=N–C) groups is 1. The van der Waals surface area contributed by atoms with Crippen molar-refractivity contribution in [1.29, 1.82) is 0 Å². The molecule has 0 spiro atoms. The van der Waals surface area contributed by atoms with Crippen LogP contribution in [0.15, 0.2) is 52.4 Å². The maximum Gasteiger partial charge on any atom is 0.315 e. The van der Waals surface area contributed by atoms with Crippen LogP contribution in [-0.4, -0.2) is 36.5 Å². The molecular weight excluding hydrogens is 490 g/mol. The van der Waals surface area contributed by atoms with Crippen molar-refractivity contribution in [3.63, 3.8) is 0 Å². The summed E-state index contributed by atoms with van der Waals surface area (Å²) in [5.74, 6) is 0.980. The molecule has 1 N–H and O–H groups in total. The second-order valence-corrected chi connectivity index (χ2v) is 11.3. The molecule has 1 unspecified atom stereocenters. The molecular formula is C30H33N7O2. The highest BCUT2D eigenvalue weighted by Crippen LogP contribution is 2.38. The fourth-order valence-electron chi connectivity index (χ4n) is 5.35. The molecule has 0 fully saturated rings. The summed E-state index contributed by atoms with van der Waals surface area (Å²) in [6.45, 7) is 8.87. The summed E-state index contributed by atoms with van der Waals surface area (Å²) < 4.78 is 7.20. The van der Waals surface area contributed by atoms with E-state index in [4.69, 9.17) is 9.52 Å². The van der Waals surface area contributed by atoms with Gasteiger partial charge in [0.05, 0.1) is 18.0 Å². The third-order valence-electron chi connectivity index (χ3n) is 7.52. The summed E-state index contributed by atoms with van der Waals surface area (Å²) >= 11 is 0. The zero-order chi connectivity index (χ0) is 27.1. The van der Waals surface area contributed by atoms with E-state index < -0.39 is 0 Å². The highest BCUT2D eigenvalue weighted by Gasteiger charge is 2.28. The number of hydrogen-bond donors (Lipinski definition) is 1. The van der Waals surface area contributed by atoms with Gasteiger partial charge in [0.1, 0.15) is 0 Å². The van der Waals surface area contributed by atoms with Crippen LogP contribution < -0.4 is 5.32 Å². The van der Waals surface area contributed by atoms with E-state index in [1.807, 2.05) is 44.0 Å². The van der Waals surface area contributed by atoms with E-state index in [9.17, 15) is 4.79 Å². The van der Waals surface area contributed by atoms with Crippen LogP contribution in [-0.2, 0) is 24.8 Å². The van der Waals surface area contributed by atoms with Gasteiger partial charge in [0.2, 0.25) is 0 Å². The van der Waals surface area contributed by atoms with Gasteiger partial charge in [-0.1, -0.05) is 50.5 Å². The van der Waals surface area contributed by atoms with E-state index >= 15 is 0 Å². The Morgan fingerprint density at radius 3 is 2.82 bits per heavy atom. The van der Waals surface area contributed by atoms with Crippen LogP contribution in [0.5, 0.6) is 0 Å². The third-order valence-corrected chi connectivity index (χ3v) is 7.52. The molecule has 9 nitrogen and oxygen atoms in total. The molecule has 4 aromatic rings. The first kappa shape index (κ1) is 25.2. The molecule has 200 valence electrons. The minimum absolute atomic E-state index is 0.00924. The molecule has 0 saturated carbocycles. The van der Waals surface area contributed by atoms with Gasteiger partial charge in [-0.05, 0) is 54.5 Å². The first-order valence-electron chi connectivity index (χ1n) is 13.7. The molecule has 4 heterocycles. The lowest BCUT2D eigenvalue weighted by Gasteiger charge is -2.19. The SMILES string of the molecule is CCn1cc(C2=Nc3nccc(-c4ccc5c(c4)CCCCC5NC(=O)c4nc(C(C)(C)C)no4)c3C2)cn1. The van der Waals surface area contributed by atoms with Crippen molar-refractivity contribution < 1.29 is 9.32 Å². The molecule has 0 saturated heterocycles. The second-order valence-electron chi connectivity index (χ2n) is 11.3. The Kier molecular flexibility index (Phi) is 6.37. The molecule has 1 atom stereocenters. The molecule has 1 aliphatic carbocycles. The van der Waals surface area contributed by atoms with Crippen molar-refractivity contribution in [3.8, 4) is 11.1 Å². The number of aromatic nitrogens is 5. The molecule has 1 aromatic carbocycles. The van der Waals surface area contributed by atoms with Crippen LogP contribution in [0.1, 0.15) is 91.8 Å². The Morgan fingerprint density at radius 2 is 2.05 bits per heavy atom. The van der Waals surface area contributed by atoms with E-state index in [1.165, 1.54) is 5.56 Å². The molecule has 0 bridgehead atoms. The summed E-state index contributed by atoms with van der Waals surface area (Å²) in [4.78, 5) is 26.8. The molecule has 3 aromatic heterocycles. The van der Waals surface area contributed by atoms with Crippen LogP contribution >= 0.6 is 0 Å². The summed E-state index contributed by atoms with van der Waals surface area (Å²) in [6.07, 6.45) is 10.4. The van der Waals surface area contributed by atoms with Crippen LogP contribution in [0.2, 0.25) is 0 Å². The fourth-order valence-corrected chi connectivity index (χ4v) is 5.35. The highest BCUT2D eigenvalue weighted by molar-refractivity contribution is 6.07.